The van der Waals surface area contributed by atoms with E-state index in [4.69, 9.17) is 10.5 Å². The van der Waals surface area contributed by atoms with Gasteiger partial charge in [0, 0.05) is 6.04 Å². The predicted octanol–water partition coefficient (Wildman–Crippen LogP) is 4.94. The lowest BCUT2D eigenvalue weighted by atomic mass is 9.72. The molecule has 0 aromatic heterocycles. The Morgan fingerprint density at radius 3 is 2.48 bits per heavy atom. The van der Waals surface area contributed by atoms with E-state index in [1.165, 1.54) is 31.2 Å². The van der Waals surface area contributed by atoms with Gasteiger partial charge in [0.25, 0.3) is 0 Å². The molecule has 0 bridgehead atoms. The zero-order valence-electron chi connectivity index (χ0n) is 13.8. The first kappa shape index (κ1) is 16.4. The van der Waals surface area contributed by atoms with Crippen molar-refractivity contribution in [3.63, 3.8) is 0 Å². The molecule has 118 valence electrons. The van der Waals surface area contributed by atoms with Gasteiger partial charge in [-0.1, -0.05) is 45.7 Å². The minimum Gasteiger partial charge on any atom is -0.494 e. The molecule has 4 atom stereocenters. The van der Waals surface area contributed by atoms with E-state index in [1.54, 1.807) is 0 Å². The first-order valence-electron chi connectivity index (χ1n) is 8.60. The number of ether oxygens (including phenoxy) is 1. The second-order valence-electron chi connectivity index (χ2n) is 6.82. The van der Waals surface area contributed by atoms with Crippen LogP contribution in [0.3, 0.4) is 0 Å². The zero-order valence-corrected chi connectivity index (χ0v) is 13.8. The predicted molar refractivity (Wildman–Crippen MR) is 89.4 cm³/mol. The Morgan fingerprint density at radius 1 is 1.14 bits per heavy atom. The Kier molecular flexibility index (Phi) is 6.10. The average Bonchev–Trinajstić information content (AvgIpc) is 2.50. The van der Waals surface area contributed by atoms with E-state index in [0.29, 0.717) is 5.92 Å². The maximum atomic E-state index is 6.51. The highest BCUT2D eigenvalue weighted by Crippen LogP contribution is 2.39. The van der Waals surface area contributed by atoms with E-state index in [1.807, 2.05) is 0 Å². The van der Waals surface area contributed by atoms with Crippen molar-refractivity contribution in [1.29, 1.82) is 0 Å². The molecule has 0 amide bonds. The van der Waals surface area contributed by atoms with Crippen molar-refractivity contribution in [2.45, 2.75) is 58.9 Å². The van der Waals surface area contributed by atoms with Crippen molar-refractivity contribution in [1.82, 2.24) is 0 Å². The maximum absolute atomic E-state index is 6.51. The lowest BCUT2D eigenvalue weighted by molar-refractivity contribution is 0.186. The van der Waals surface area contributed by atoms with Crippen LogP contribution in [0.5, 0.6) is 5.75 Å². The van der Waals surface area contributed by atoms with Gasteiger partial charge in [0.2, 0.25) is 0 Å². The smallest absolute Gasteiger partial charge is 0.119 e. The molecule has 0 aliphatic heterocycles. The van der Waals surface area contributed by atoms with E-state index in [9.17, 15) is 0 Å². The monoisotopic (exact) mass is 289 g/mol. The molecule has 1 aromatic rings. The van der Waals surface area contributed by atoms with Crippen LogP contribution in [0.15, 0.2) is 24.3 Å². The Balaban J connectivity index is 1.91. The number of benzene rings is 1. The third kappa shape index (κ3) is 4.47. The molecule has 1 aromatic carbocycles. The zero-order chi connectivity index (χ0) is 15.2. The van der Waals surface area contributed by atoms with Gasteiger partial charge in [-0.25, -0.2) is 0 Å². The molecule has 2 N–H and O–H groups in total. The molecule has 1 aliphatic carbocycles. The molecule has 2 rings (SSSR count). The summed E-state index contributed by atoms with van der Waals surface area (Å²) >= 11 is 0. The van der Waals surface area contributed by atoms with E-state index >= 15 is 0 Å². The average molecular weight is 289 g/mol. The molecule has 21 heavy (non-hydrogen) atoms. The van der Waals surface area contributed by atoms with Gasteiger partial charge in [0.1, 0.15) is 5.75 Å². The Morgan fingerprint density at radius 2 is 1.86 bits per heavy atom. The Labute approximate surface area is 130 Å². The summed E-state index contributed by atoms with van der Waals surface area (Å²) in [5.74, 6) is 3.24. The standard InChI is InChI=1S/C19H31NO/c1-4-5-12-21-18-10-8-16(9-11-18)19(20)17-7-6-14(2)15(3)13-17/h8-11,14-15,17,19H,4-7,12-13,20H2,1-3H3. The second kappa shape index (κ2) is 7.84. The first-order chi connectivity index (χ1) is 10.1. The topological polar surface area (TPSA) is 35.2 Å². The van der Waals surface area contributed by atoms with Gasteiger partial charge >= 0.3 is 0 Å². The first-order valence-corrected chi connectivity index (χ1v) is 8.60. The fourth-order valence-corrected chi connectivity index (χ4v) is 3.31. The van der Waals surface area contributed by atoms with Crippen molar-refractivity contribution >= 4 is 0 Å². The fraction of sp³-hybridized carbons (Fsp3) is 0.684. The van der Waals surface area contributed by atoms with Crippen LogP contribution in [0.4, 0.5) is 0 Å². The molecular weight excluding hydrogens is 258 g/mol. The summed E-state index contributed by atoms with van der Waals surface area (Å²) in [7, 11) is 0. The Hall–Kier alpha value is -1.02. The number of unbranched alkanes of at least 4 members (excludes halogenated alkanes) is 1. The number of hydrogen-bond donors (Lipinski definition) is 1. The van der Waals surface area contributed by atoms with E-state index in [-0.39, 0.29) is 6.04 Å². The van der Waals surface area contributed by atoms with Crippen LogP contribution in [-0.4, -0.2) is 6.61 Å². The highest BCUT2D eigenvalue weighted by Gasteiger charge is 2.29. The van der Waals surface area contributed by atoms with Crippen LogP contribution in [0.1, 0.15) is 64.5 Å². The van der Waals surface area contributed by atoms with Crippen molar-refractivity contribution in [3.8, 4) is 5.75 Å². The van der Waals surface area contributed by atoms with Crippen LogP contribution in [0.2, 0.25) is 0 Å². The summed E-state index contributed by atoms with van der Waals surface area (Å²) in [5, 5.41) is 0. The van der Waals surface area contributed by atoms with Crippen molar-refractivity contribution in [2.24, 2.45) is 23.5 Å². The summed E-state index contributed by atoms with van der Waals surface area (Å²) in [6, 6.07) is 8.60. The Bertz CT molecular complexity index is 414. The maximum Gasteiger partial charge on any atom is 0.119 e. The summed E-state index contributed by atoms with van der Waals surface area (Å²) in [4.78, 5) is 0. The van der Waals surface area contributed by atoms with Crippen LogP contribution in [0, 0.1) is 17.8 Å². The van der Waals surface area contributed by atoms with Crippen LogP contribution in [0.25, 0.3) is 0 Å². The number of nitrogens with two attached hydrogens (primary N) is 1. The normalized spacial score (nSPS) is 27.3. The molecule has 4 unspecified atom stereocenters. The van der Waals surface area contributed by atoms with Gasteiger partial charge in [-0.15, -0.1) is 0 Å². The third-order valence-corrected chi connectivity index (χ3v) is 5.18. The minimum atomic E-state index is 0.171. The summed E-state index contributed by atoms with van der Waals surface area (Å²) < 4.78 is 5.72. The van der Waals surface area contributed by atoms with Gasteiger partial charge < -0.3 is 10.5 Å². The molecule has 0 saturated heterocycles. The van der Waals surface area contributed by atoms with E-state index < -0.39 is 0 Å². The molecule has 1 fully saturated rings. The van der Waals surface area contributed by atoms with E-state index in [2.05, 4.69) is 45.0 Å². The van der Waals surface area contributed by atoms with Crippen molar-refractivity contribution < 1.29 is 4.74 Å². The fourth-order valence-electron chi connectivity index (χ4n) is 3.31. The second-order valence-corrected chi connectivity index (χ2v) is 6.82. The molecule has 0 radical (unpaired) electrons. The molecule has 1 saturated carbocycles. The van der Waals surface area contributed by atoms with Gasteiger partial charge in [-0.3, -0.25) is 0 Å². The molecule has 2 nitrogen and oxygen atoms in total. The summed E-state index contributed by atoms with van der Waals surface area (Å²) in [6.07, 6.45) is 6.12. The van der Waals surface area contributed by atoms with Crippen molar-refractivity contribution in [3.05, 3.63) is 29.8 Å². The van der Waals surface area contributed by atoms with Crippen molar-refractivity contribution in [2.75, 3.05) is 6.61 Å². The van der Waals surface area contributed by atoms with Crippen LogP contribution < -0.4 is 10.5 Å². The summed E-state index contributed by atoms with van der Waals surface area (Å²) in [6.45, 7) is 7.72. The van der Waals surface area contributed by atoms with Gasteiger partial charge in [-0.05, 0) is 54.7 Å². The highest BCUT2D eigenvalue weighted by atomic mass is 16.5. The van der Waals surface area contributed by atoms with E-state index in [0.717, 1.165) is 30.6 Å². The molecular formula is C19H31NO. The van der Waals surface area contributed by atoms with Gasteiger partial charge in [-0.2, -0.15) is 0 Å². The van der Waals surface area contributed by atoms with Crippen LogP contribution in [-0.2, 0) is 0 Å². The largest absolute Gasteiger partial charge is 0.494 e. The molecule has 2 heteroatoms. The molecule has 0 heterocycles. The van der Waals surface area contributed by atoms with Gasteiger partial charge in [0.05, 0.1) is 6.61 Å². The van der Waals surface area contributed by atoms with Crippen LogP contribution >= 0.6 is 0 Å². The lowest BCUT2D eigenvalue weighted by Crippen LogP contribution is -2.29. The lowest BCUT2D eigenvalue weighted by Gasteiger charge is -2.35. The quantitative estimate of drug-likeness (QED) is 0.753. The highest BCUT2D eigenvalue weighted by molar-refractivity contribution is 5.29. The molecule has 0 spiro atoms. The summed E-state index contributed by atoms with van der Waals surface area (Å²) in [5.41, 5.74) is 7.76. The van der Waals surface area contributed by atoms with Gasteiger partial charge in [0.15, 0.2) is 0 Å². The SMILES string of the molecule is CCCCOc1ccc(C(N)C2CCC(C)C(C)C2)cc1. The molecule has 1 aliphatic rings. The number of hydrogen-bond acceptors (Lipinski definition) is 2. The third-order valence-electron chi connectivity index (χ3n) is 5.18. The minimum absolute atomic E-state index is 0.171. The number of rotatable bonds is 6.